The Morgan fingerprint density at radius 1 is 0.909 bits per heavy atom. The van der Waals surface area contributed by atoms with Crippen molar-refractivity contribution in [1.29, 1.82) is 0 Å². The van der Waals surface area contributed by atoms with Crippen LogP contribution in [-0.4, -0.2) is 25.1 Å². The minimum Gasteiger partial charge on any atom is -0.495 e. The zero-order valence-corrected chi connectivity index (χ0v) is 20.3. The summed E-state index contributed by atoms with van der Waals surface area (Å²) in [6.45, 7) is 1.84. The maximum atomic E-state index is 13.6. The smallest absolute Gasteiger partial charge is 0.256 e. The second-order valence-electron chi connectivity index (χ2n) is 7.24. The Kier molecular flexibility index (Phi) is 6.66. The quantitative estimate of drug-likeness (QED) is 0.309. The van der Waals surface area contributed by atoms with Gasteiger partial charge in [0.15, 0.2) is 0 Å². The zero-order valence-electron chi connectivity index (χ0n) is 18.0. The van der Waals surface area contributed by atoms with Crippen LogP contribution in [0.3, 0.4) is 0 Å². The average Bonchev–Trinajstić information content (AvgIpc) is 2.79. The number of carbonyl (C=O) groups is 1. The Labute approximate surface area is 206 Å². The minimum absolute atomic E-state index is 0.333. The van der Waals surface area contributed by atoms with E-state index >= 15 is 0 Å². The van der Waals surface area contributed by atoms with Crippen LogP contribution in [0.1, 0.15) is 15.9 Å². The van der Waals surface area contributed by atoms with E-state index in [0.29, 0.717) is 65.5 Å². The fourth-order valence-corrected chi connectivity index (χ4v) is 4.42. The van der Waals surface area contributed by atoms with E-state index in [1.54, 1.807) is 30.3 Å². The van der Waals surface area contributed by atoms with E-state index in [2.05, 4.69) is 5.32 Å². The van der Waals surface area contributed by atoms with E-state index in [1.165, 1.54) is 14.2 Å². The van der Waals surface area contributed by atoms with E-state index < -0.39 is 0 Å². The number of ether oxygens (including phenoxy) is 2. The summed E-state index contributed by atoms with van der Waals surface area (Å²) in [5.74, 6) is 0.490. The molecule has 0 saturated carbocycles. The van der Waals surface area contributed by atoms with Crippen molar-refractivity contribution in [3.05, 3.63) is 80.8 Å². The van der Waals surface area contributed by atoms with Crippen LogP contribution in [0, 0.1) is 6.92 Å². The number of methoxy groups -OCH3 is 2. The number of hydrogen-bond donors (Lipinski definition) is 1. The third-order valence-corrected chi connectivity index (χ3v) is 6.11. The molecule has 0 radical (unpaired) electrons. The first-order chi connectivity index (χ1) is 15.8. The lowest BCUT2D eigenvalue weighted by atomic mass is 9.97. The van der Waals surface area contributed by atoms with Crippen molar-refractivity contribution in [2.75, 3.05) is 19.5 Å². The molecule has 1 aromatic heterocycles. The molecule has 0 unspecified atom stereocenters. The van der Waals surface area contributed by atoms with Crippen molar-refractivity contribution in [2.45, 2.75) is 6.92 Å². The highest BCUT2D eigenvalue weighted by Crippen LogP contribution is 2.38. The van der Waals surface area contributed by atoms with Gasteiger partial charge in [-0.25, -0.2) is 4.98 Å². The first-order valence-corrected chi connectivity index (χ1v) is 11.0. The van der Waals surface area contributed by atoms with Crippen molar-refractivity contribution in [3.63, 3.8) is 0 Å². The van der Waals surface area contributed by atoms with Gasteiger partial charge in [-0.2, -0.15) is 0 Å². The maximum absolute atomic E-state index is 13.6. The fourth-order valence-electron chi connectivity index (χ4n) is 3.69. The third kappa shape index (κ3) is 4.44. The van der Waals surface area contributed by atoms with E-state index in [9.17, 15) is 4.79 Å². The van der Waals surface area contributed by atoms with E-state index in [4.69, 9.17) is 49.3 Å². The molecule has 0 bridgehead atoms. The molecule has 1 amide bonds. The number of carbonyl (C=O) groups excluding carboxylic acids is 1. The predicted molar refractivity (Wildman–Crippen MR) is 134 cm³/mol. The first kappa shape index (κ1) is 23.2. The molecule has 5 nitrogen and oxygen atoms in total. The number of fused-ring (bicyclic) bond motifs is 1. The maximum Gasteiger partial charge on any atom is 0.256 e. The Morgan fingerprint density at radius 2 is 1.64 bits per heavy atom. The van der Waals surface area contributed by atoms with Crippen molar-refractivity contribution < 1.29 is 14.3 Å². The molecule has 4 aromatic rings. The molecule has 4 rings (SSSR count). The Bertz CT molecular complexity index is 1390. The molecule has 1 heterocycles. The number of hydrogen-bond acceptors (Lipinski definition) is 4. The van der Waals surface area contributed by atoms with Gasteiger partial charge in [0.2, 0.25) is 0 Å². The molecule has 0 aliphatic rings. The largest absolute Gasteiger partial charge is 0.495 e. The van der Waals surface area contributed by atoms with Crippen LogP contribution < -0.4 is 14.8 Å². The fraction of sp³-hybridized carbons (Fsp3) is 0.120. The second-order valence-corrected chi connectivity index (χ2v) is 8.49. The molecule has 0 atom stereocenters. The molecule has 8 heteroatoms. The van der Waals surface area contributed by atoms with Crippen LogP contribution >= 0.6 is 34.8 Å². The predicted octanol–water partition coefficient (Wildman–Crippen LogP) is 7.44. The molecule has 0 aliphatic carbocycles. The van der Waals surface area contributed by atoms with E-state index in [-0.39, 0.29) is 5.91 Å². The molecule has 33 heavy (non-hydrogen) atoms. The lowest BCUT2D eigenvalue weighted by Crippen LogP contribution is -2.16. The number of nitrogens with one attached hydrogen (secondary N) is 1. The lowest BCUT2D eigenvalue weighted by molar-refractivity contribution is 0.102. The number of aromatic nitrogens is 1. The SMILES string of the molecule is COc1cc(NC(=O)c2c(C)c(-c3ccc(Cl)cc3Cl)nc3ccccc23)c(OC)cc1Cl. The number of halogens is 3. The van der Waals surface area contributed by atoms with Gasteiger partial charge in [-0.15, -0.1) is 0 Å². The van der Waals surface area contributed by atoms with Gasteiger partial charge in [0, 0.05) is 28.1 Å². The van der Waals surface area contributed by atoms with Crippen LogP contribution in [0.2, 0.25) is 15.1 Å². The molecule has 0 saturated heterocycles. The number of amides is 1. The van der Waals surface area contributed by atoms with Gasteiger partial charge >= 0.3 is 0 Å². The van der Waals surface area contributed by atoms with Crippen molar-refractivity contribution in [1.82, 2.24) is 4.98 Å². The Morgan fingerprint density at radius 3 is 2.33 bits per heavy atom. The summed E-state index contributed by atoms with van der Waals surface area (Å²) in [7, 11) is 3.00. The average molecular weight is 502 g/mol. The molecule has 0 aliphatic heterocycles. The van der Waals surface area contributed by atoms with Crippen molar-refractivity contribution in [2.24, 2.45) is 0 Å². The highest BCUT2D eigenvalue weighted by atomic mass is 35.5. The summed E-state index contributed by atoms with van der Waals surface area (Å²) in [4.78, 5) is 18.4. The second kappa shape index (κ2) is 9.48. The summed E-state index contributed by atoms with van der Waals surface area (Å²) in [5.41, 5.74) is 3.52. The highest BCUT2D eigenvalue weighted by Gasteiger charge is 2.22. The van der Waals surface area contributed by atoms with Gasteiger partial charge in [-0.3, -0.25) is 4.79 Å². The molecule has 0 spiro atoms. The van der Waals surface area contributed by atoms with E-state index in [1.807, 2.05) is 31.2 Å². The lowest BCUT2D eigenvalue weighted by Gasteiger charge is -2.17. The third-order valence-electron chi connectivity index (χ3n) is 5.27. The van der Waals surface area contributed by atoms with Gasteiger partial charge in [-0.1, -0.05) is 53.0 Å². The van der Waals surface area contributed by atoms with E-state index in [0.717, 1.165) is 0 Å². The van der Waals surface area contributed by atoms with Gasteiger partial charge < -0.3 is 14.8 Å². The summed E-state index contributed by atoms with van der Waals surface area (Å²) in [5, 5.41) is 4.98. The zero-order chi connectivity index (χ0) is 23.7. The number of rotatable bonds is 5. The molecular weight excluding hydrogens is 483 g/mol. The Hall–Kier alpha value is -2.99. The molecular formula is C25H19Cl3N2O3. The van der Waals surface area contributed by atoms with Gasteiger partial charge in [0.25, 0.3) is 5.91 Å². The van der Waals surface area contributed by atoms with Gasteiger partial charge in [0.05, 0.1) is 46.7 Å². The van der Waals surface area contributed by atoms with Crippen LogP contribution in [0.25, 0.3) is 22.2 Å². The summed E-state index contributed by atoms with van der Waals surface area (Å²) >= 11 is 18.7. The monoisotopic (exact) mass is 500 g/mol. The van der Waals surface area contributed by atoms with Crippen LogP contribution in [0.4, 0.5) is 5.69 Å². The van der Waals surface area contributed by atoms with Gasteiger partial charge in [-0.05, 0) is 36.8 Å². The minimum atomic E-state index is -0.333. The normalized spacial score (nSPS) is 10.8. The topological polar surface area (TPSA) is 60.5 Å². The van der Waals surface area contributed by atoms with Gasteiger partial charge in [0.1, 0.15) is 11.5 Å². The summed E-state index contributed by atoms with van der Waals surface area (Å²) < 4.78 is 10.7. The number of para-hydroxylation sites is 1. The molecule has 1 N–H and O–H groups in total. The molecule has 3 aromatic carbocycles. The van der Waals surface area contributed by atoms with Crippen molar-refractivity contribution >= 4 is 57.3 Å². The standard InChI is InChI=1S/C25H19Cl3N2O3/c1-13-23(25(31)30-20-12-21(32-2)18(28)11-22(20)33-3)16-6-4-5-7-19(16)29-24(13)15-9-8-14(26)10-17(15)27/h4-12H,1-3H3,(H,30,31). The molecule has 0 fully saturated rings. The van der Waals surface area contributed by atoms with Crippen LogP contribution in [0.15, 0.2) is 54.6 Å². The number of benzene rings is 3. The molecule has 168 valence electrons. The first-order valence-electron chi connectivity index (χ1n) is 9.91. The number of anilines is 1. The van der Waals surface area contributed by atoms with Crippen LogP contribution in [0.5, 0.6) is 11.5 Å². The highest BCUT2D eigenvalue weighted by molar-refractivity contribution is 6.36. The van der Waals surface area contributed by atoms with Crippen LogP contribution in [-0.2, 0) is 0 Å². The summed E-state index contributed by atoms with van der Waals surface area (Å²) in [6, 6.07) is 15.8. The summed E-state index contributed by atoms with van der Waals surface area (Å²) in [6.07, 6.45) is 0. The number of pyridine rings is 1. The Balaban J connectivity index is 1.89. The number of nitrogens with zero attached hydrogens (tertiary/aromatic N) is 1. The van der Waals surface area contributed by atoms with Crippen molar-refractivity contribution in [3.8, 4) is 22.8 Å².